The number of thiazole rings is 1. The molecule has 0 aliphatic carbocycles. The monoisotopic (exact) mass is 438 g/mol. The van der Waals surface area contributed by atoms with Crippen molar-refractivity contribution in [2.45, 2.75) is 27.2 Å². The predicted molar refractivity (Wildman–Crippen MR) is 124 cm³/mol. The van der Waals surface area contributed by atoms with Gasteiger partial charge in [0.05, 0.1) is 27.5 Å². The number of carbonyl (C=O) groups excluding carboxylic acids is 2. The first-order valence-corrected chi connectivity index (χ1v) is 11.1. The van der Waals surface area contributed by atoms with Gasteiger partial charge in [-0.15, -0.1) is 11.3 Å². The van der Waals surface area contributed by atoms with Gasteiger partial charge < -0.3 is 20.3 Å². The zero-order chi connectivity index (χ0) is 22.0. The number of ether oxygens (including phenoxy) is 1. The third-order valence-corrected chi connectivity index (χ3v) is 6.03. The molecular weight excluding hydrogens is 412 g/mol. The Bertz CT molecular complexity index is 1090. The van der Waals surface area contributed by atoms with Crippen LogP contribution in [0.25, 0.3) is 10.2 Å². The number of nitrogens with zero attached hydrogens (tertiary/aromatic N) is 2. The second-order valence-corrected chi connectivity index (χ2v) is 9.56. The predicted octanol–water partition coefficient (Wildman–Crippen LogP) is 4.43. The molecular formula is C23H26N4O3S. The molecule has 8 heteroatoms. The maximum Gasteiger partial charge on any atom is 0.319 e. The fourth-order valence-electron chi connectivity index (χ4n) is 3.40. The van der Waals surface area contributed by atoms with Crippen molar-refractivity contribution in [1.29, 1.82) is 0 Å². The van der Waals surface area contributed by atoms with Gasteiger partial charge in [0.2, 0.25) is 5.91 Å². The molecule has 2 heterocycles. The van der Waals surface area contributed by atoms with Gasteiger partial charge in [-0.2, -0.15) is 0 Å². The highest BCUT2D eigenvalue weighted by atomic mass is 32.1. The van der Waals surface area contributed by atoms with Crippen molar-refractivity contribution in [3.05, 3.63) is 47.5 Å². The molecule has 1 aliphatic rings. The van der Waals surface area contributed by atoms with Crippen LogP contribution in [0.2, 0.25) is 0 Å². The van der Waals surface area contributed by atoms with E-state index >= 15 is 0 Å². The summed E-state index contributed by atoms with van der Waals surface area (Å²) in [6.07, 6.45) is 0.665. The Morgan fingerprint density at radius 3 is 2.77 bits per heavy atom. The lowest BCUT2D eigenvalue weighted by molar-refractivity contribution is -0.126. The molecule has 7 nitrogen and oxygen atoms in total. The van der Waals surface area contributed by atoms with E-state index in [-0.39, 0.29) is 11.9 Å². The second kappa shape index (κ2) is 8.55. The van der Waals surface area contributed by atoms with E-state index in [9.17, 15) is 9.59 Å². The molecule has 0 saturated heterocycles. The standard InChI is InChI=1S/C23H26N4O3S/c1-23(2,3)21(28)27-12-13-30-18-9-8-15(14-17(18)27)25-22(29)24-11-10-20-26-16-6-4-5-7-19(16)31-20/h4-9,14H,10-13H2,1-3H3,(H2,24,25,29). The van der Waals surface area contributed by atoms with Gasteiger partial charge in [0, 0.05) is 24.1 Å². The SMILES string of the molecule is CC(C)(C)C(=O)N1CCOc2ccc(NC(=O)NCCc3nc4ccccc4s3)cc21. The number of para-hydroxylation sites is 1. The van der Waals surface area contributed by atoms with Crippen LogP contribution in [0.15, 0.2) is 42.5 Å². The molecule has 162 valence electrons. The number of hydrogen-bond acceptors (Lipinski definition) is 5. The number of anilines is 2. The Morgan fingerprint density at radius 1 is 1.19 bits per heavy atom. The van der Waals surface area contributed by atoms with E-state index < -0.39 is 5.41 Å². The molecule has 3 amide bonds. The first-order chi connectivity index (χ1) is 14.8. The molecule has 1 aliphatic heterocycles. The normalized spacial score (nSPS) is 13.5. The highest BCUT2D eigenvalue weighted by molar-refractivity contribution is 7.18. The van der Waals surface area contributed by atoms with E-state index in [1.807, 2.05) is 45.0 Å². The van der Waals surface area contributed by atoms with Crippen molar-refractivity contribution < 1.29 is 14.3 Å². The molecule has 0 saturated carbocycles. The lowest BCUT2D eigenvalue weighted by atomic mass is 9.94. The Balaban J connectivity index is 1.37. The van der Waals surface area contributed by atoms with E-state index in [4.69, 9.17) is 4.74 Å². The van der Waals surface area contributed by atoms with Gasteiger partial charge in [0.1, 0.15) is 12.4 Å². The summed E-state index contributed by atoms with van der Waals surface area (Å²) in [4.78, 5) is 31.5. The van der Waals surface area contributed by atoms with Gasteiger partial charge in [-0.25, -0.2) is 9.78 Å². The van der Waals surface area contributed by atoms with Crippen LogP contribution >= 0.6 is 11.3 Å². The fraction of sp³-hybridized carbons (Fsp3) is 0.348. The molecule has 0 unspecified atom stereocenters. The minimum Gasteiger partial charge on any atom is -0.490 e. The Labute approximate surface area is 185 Å². The molecule has 31 heavy (non-hydrogen) atoms. The van der Waals surface area contributed by atoms with Gasteiger partial charge in [-0.3, -0.25) is 4.79 Å². The van der Waals surface area contributed by atoms with E-state index in [1.165, 1.54) is 0 Å². The first-order valence-electron chi connectivity index (χ1n) is 10.3. The maximum atomic E-state index is 12.8. The molecule has 2 N–H and O–H groups in total. The van der Waals surface area contributed by atoms with Gasteiger partial charge in [0.25, 0.3) is 0 Å². The number of nitrogens with one attached hydrogen (secondary N) is 2. The highest BCUT2D eigenvalue weighted by Crippen LogP contribution is 2.36. The zero-order valence-corrected chi connectivity index (χ0v) is 18.7. The number of urea groups is 1. The summed E-state index contributed by atoms with van der Waals surface area (Å²) in [5, 5.41) is 6.70. The average Bonchev–Trinajstić information content (AvgIpc) is 3.15. The van der Waals surface area contributed by atoms with Crippen molar-refractivity contribution in [3.8, 4) is 5.75 Å². The molecule has 2 aromatic carbocycles. The molecule has 0 radical (unpaired) electrons. The fourth-order valence-corrected chi connectivity index (χ4v) is 4.36. The molecule has 0 bridgehead atoms. The lowest BCUT2D eigenvalue weighted by Crippen LogP contribution is -2.44. The van der Waals surface area contributed by atoms with E-state index in [0.717, 1.165) is 15.2 Å². The molecule has 0 spiro atoms. The lowest BCUT2D eigenvalue weighted by Gasteiger charge is -2.34. The van der Waals surface area contributed by atoms with Gasteiger partial charge in [-0.1, -0.05) is 32.9 Å². The van der Waals surface area contributed by atoms with Gasteiger partial charge in [0.15, 0.2) is 0 Å². The third-order valence-electron chi connectivity index (χ3n) is 4.93. The van der Waals surface area contributed by atoms with Crippen LogP contribution in [0.4, 0.5) is 16.2 Å². The van der Waals surface area contributed by atoms with Crippen LogP contribution in [0.1, 0.15) is 25.8 Å². The second-order valence-electron chi connectivity index (χ2n) is 8.44. The number of benzene rings is 2. The van der Waals surface area contributed by atoms with Crippen molar-refractivity contribution in [2.75, 3.05) is 29.9 Å². The minimum atomic E-state index is -0.504. The molecule has 0 fully saturated rings. The summed E-state index contributed by atoms with van der Waals surface area (Å²) in [7, 11) is 0. The quantitative estimate of drug-likeness (QED) is 0.631. The average molecular weight is 439 g/mol. The number of amides is 3. The number of hydrogen-bond donors (Lipinski definition) is 2. The molecule has 4 rings (SSSR count). The van der Waals surface area contributed by atoms with Crippen molar-refractivity contribution in [2.24, 2.45) is 5.41 Å². The topological polar surface area (TPSA) is 83.6 Å². The van der Waals surface area contributed by atoms with Crippen LogP contribution in [-0.4, -0.2) is 36.6 Å². The number of carbonyl (C=O) groups is 2. The number of fused-ring (bicyclic) bond motifs is 2. The van der Waals surface area contributed by atoms with Crippen LogP contribution in [0.5, 0.6) is 5.75 Å². The summed E-state index contributed by atoms with van der Waals surface area (Å²) >= 11 is 1.64. The minimum absolute atomic E-state index is 0.0227. The first kappa shape index (κ1) is 21.1. The van der Waals surface area contributed by atoms with Crippen molar-refractivity contribution in [3.63, 3.8) is 0 Å². The van der Waals surface area contributed by atoms with Gasteiger partial charge in [-0.05, 0) is 30.3 Å². The van der Waals surface area contributed by atoms with Crippen LogP contribution in [0.3, 0.4) is 0 Å². The summed E-state index contributed by atoms with van der Waals surface area (Å²) in [6.45, 7) is 7.10. The van der Waals surface area contributed by atoms with Crippen LogP contribution < -0.4 is 20.3 Å². The molecule has 3 aromatic rings. The third kappa shape index (κ3) is 4.80. The Kier molecular flexibility index (Phi) is 5.82. The summed E-state index contributed by atoms with van der Waals surface area (Å²) in [5.74, 6) is 0.667. The van der Waals surface area contributed by atoms with E-state index in [2.05, 4.69) is 15.6 Å². The van der Waals surface area contributed by atoms with E-state index in [0.29, 0.717) is 43.2 Å². The zero-order valence-electron chi connectivity index (χ0n) is 17.9. The summed E-state index contributed by atoms with van der Waals surface area (Å²) in [6, 6.07) is 13.0. The molecule has 0 atom stereocenters. The van der Waals surface area contributed by atoms with Gasteiger partial charge >= 0.3 is 6.03 Å². The number of rotatable bonds is 4. The smallest absolute Gasteiger partial charge is 0.319 e. The van der Waals surface area contributed by atoms with Crippen molar-refractivity contribution in [1.82, 2.24) is 10.3 Å². The maximum absolute atomic E-state index is 12.8. The van der Waals surface area contributed by atoms with E-state index in [1.54, 1.807) is 34.4 Å². The van der Waals surface area contributed by atoms with Crippen LogP contribution in [-0.2, 0) is 11.2 Å². The van der Waals surface area contributed by atoms with Crippen molar-refractivity contribution >= 4 is 44.9 Å². The van der Waals surface area contributed by atoms with Crippen LogP contribution in [0, 0.1) is 5.41 Å². The molecule has 1 aromatic heterocycles. The Hall–Kier alpha value is -3.13. The highest BCUT2D eigenvalue weighted by Gasteiger charge is 2.32. The largest absolute Gasteiger partial charge is 0.490 e. The number of aromatic nitrogens is 1. The summed E-state index contributed by atoms with van der Waals surface area (Å²) in [5.41, 5.74) is 1.76. The Morgan fingerprint density at radius 2 is 2.00 bits per heavy atom. The summed E-state index contributed by atoms with van der Waals surface area (Å²) < 4.78 is 6.83.